The Morgan fingerprint density at radius 2 is 2.22 bits per heavy atom. The van der Waals surface area contributed by atoms with Crippen LogP contribution in [-0.2, 0) is 0 Å². The molecule has 0 spiro atoms. The first-order valence-corrected chi connectivity index (χ1v) is 6.18. The Kier molecular flexibility index (Phi) is 5.42. The minimum atomic E-state index is 0.247. The van der Waals surface area contributed by atoms with Crippen LogP contribution in [0, 0.1) is 12.8 Å². The van der Waals surface area contributed by atoms with Crippen LogP contribution in [-0.4, -0.2) is 29.1 Å². The highest BCUT2D eigenvalue weighted by atomic mass is 16.4. The fourth-order valence-corrected chi connectivity index (χ4v) is 1.74. The van der Waals surface area contributed by atoms with E-state index in [4.69, 9.17) is 10.9 Å². The van der Waals surface area contributed by atoms with Crippen LogP contribution in [0.15, 0.2) is 23.4 Å². The Labute approximate surface area is 108 Å². The molecular weight excluding hydrogens is 228 g/mol. The largest absolute Gasteiger partial charge is 0.409 e. The molecule has 0 unspecified atom stereocenters. The molecular formula is C13H22N4O. The number of amidine groups is 1. The highest BCUT2D eigenvalue weighted by Crippen LogP contribution is 2.13. The molecule has 3 N–H and O–H groups in total. The molecule has 0 radical (unpaired) electrons. The highest BCUT2D eigenvalue weighted by Gasteiger charge is 2.10. The number of nitrogens with zero attached hydrogens (tertiary/aromatic N) is 3. The average Bonchev–Trinajstić information content (AvgIpc) is 2.33. The number of oxime groups is 1. The summed E-state index contributed by atoms with van der Waals surface area (Å²) in [5.41, 5.74) is 6.50. The summed E-state index contributed by atoms with van der Waals surface area (Å²) in [6, 6.07) is 5.96. The molecule has 0 aliphatic rings. The third-order valence-electron chi connectivity index (χ3n) is 2.55. The highest BCUT2D eigenvalue weighted by molar-refractivity contribution is 5.80. The Balaban J connectivity index is 2.77. The van der Waals surface area contributed by atoms with Crippen LogP contribution in [0.25, 0.3) is 0 Å². The van der Waals surface area contributed by atoms with Crippen LogP contribution < -0.4 is 10.6 Å². The first kappa shape index (κ1) is 14.3. The van der Waals surface area contributed by atoms with Gasteiger partial charge in [-0.3, -0.25) is 0 Å². The average molecular weight is 250 g/mol. The molecule has 5 nitrogen and oxygen atoms in total. The number of hydrogen-bond donors (Lipinski definition) is 2. The van der Waals surface area contributed by atoms with Gasteiger partial charge in [0.1, 0.15) is 11.7 Å². The molecule has 0 amide bonds. The van der Waals surface area contributed by atoms with Gasteiger partial charge in [-0.05, 0) is 25.0 Å². The molecule has 0 atom stereocenters. The summed E-state index contributed by atoms with van der Waals surface area (Å²) in [6.07, 6.45) is 0.527. The summed E-state index contributed by atoms with van der Waals surface area (Å²) < 4.78 is 0. The van der Waals surface area contributed by atoms with Crippen molar-refractivity contribution in [3.05, 3.63) is 23.9 Å². The first-order chi connectivity index (χ1) is 8.52. The second kappa shape index (κ2) is 6.83. The maximum atomic E-state index is 8.57. The van der Waals surface area contributed by atoms with Crippen LogP contribution >= 0.6 is 0 Å². The van der Waals surface area contributed by atoms with Crippen molar-refractivity contribution in [1.29, 1.82) is 0 Å². The molecule has 100 valence electrons. The number of aromatic nitrogens is 1. The van der Waals surface area contributed by atoms with E-state index in [-0.39, 0.29) is 5.84 Å². The summed E-state index contributed by atoms with van der Waals surface area (Å²) in [4.78, 5) is 6.68. The van der Waals surface area contributed by atoms with Gasteiger partial charge in [-0.25, -0.2) is 4.98 Å². The lowest BCUT2D eigenvalue weighted by atomic mass is 10.2. The molecule has 1 aromatic rings. The van der Waals surface area contributed by atoms with Crippen molar-refractivity contribution in [3.8, 4) is 0 Å². The fraction of sp³-hybridized carbons (Fsp3) is 0.538. The normalized spacial score (nSPS) is 11.9. The number of nitrogens with two attached hydrogens (primary N) is 1. The molecule has 0 aliphatic carbocycles. The van der Waals surface area contributed by atoms with Crippen LogP contribution in [0.5, 0.6) is 0 Å². The Morgan fingerprint density at radius 1 is 1.50 bits per heavy atom. The van der Waals surface area contributed by atoms with Crippen LogP contribution in [0.2, 0.25) is 0 Å². The molecule has 18 heavy (non-hydrogen) atoms. The summed E-state index contributed by atoms with van der Waals surface area (Å²) in [7, 11) is 0. The van der Waals surface area contributed by atoms with Gasteiger partial charge < -0.3 is 15.8 Å². The molecule has 1 aromatic heterocycles. The minimum Gasteiger partial charge on any atom is -0.409 e. The SMILES string of the molecule is Cc1cccc(N(CCC(N)=NO)CC(C)C)n1. The maximum absolute atomic E-state index is 8.57. The number of anilines is 1. The van der Waals surface area contributed by atoms with Crippen LogP contribution in [0.4, 0.5) is 5.82 Å². The molecule has 0 saturated heterocycles. The van der Waals surface area contributed by atoms with Crippen molar-refractivity contribution in [1.82, 2.24) is 4.98 Å². The van der Waals surface area contributed by atoms with Crippen molar-refractivity contribution in [2.45, 2.75) is 27.2 Å². The first-order valence-electron chi connectivity index (χ1n) is 6.18. The van der Waals surface area contributed by atoms with E-state index in [9.17, 15) is 0 Å². The monoisotopic (exact) mass is 250 g/mol. The molecule has 0 aliphatic heterocycles. The van der Waals surface area contributed by atoms with Gasteiger partial charge in [0.05, 0.1) is 0 Å². The lowest BCUT2D eigenvalue weighted by molar-refractivity contribution is 0.317. The maximum Gasteiger partial charge on any atom is 0.140 e. The smallest absolute Gasteiger partial charge is 0.140 e. The number of pyridine rings is 1. The molecule has 0 saturated carbocycles. The van der Waals surface area contributed by atoms with Crippen LogP contribution in [0.3, 0.4) is 0 Å². The predicted molar refractivity (Wildman–Crippen MR) is 74.1 cm³/mol. The van der Waals surface area contributed by atoms with Gasteiger partial charge in [-0.2, -0.15) is 0 Å². The number of hydrogen-bond acceptors (Lipinski definition) is 4. The van der Waals surface area contributed by atoms with Gasteiger partial charge in [0.2, 0.25) is 0 Å². The van der Waals surface area contributed by atoms with Gasteiger partial charge in [-0.1, -0.05) is 25.1 Å². The van der Waals surface area contributed by atoms with Gasteiger partial charge in [0.15, 0.2) is 0 Å². The van der Waals surface area contributed by atoms with Crippen LogP contribution in [0.1, 0.15) is 26.0 Å². The Bertz CT molecular complexity index is 404. The summed E-state index contributed by atoms with van der Waals surface area (Å²) in [5.74, 6) is 1.71. The van der Waals surface area contributed by atoms with Crippen molar-refractivity contribution < 1.29 is 5.21 Å². The van der Waals surface area contributed by atoms with Gasteiger partial charge in [0.25, 0.3) is 0 Å². The summed E-state index contributed by atoms with van der Waals surface area (Å²) >= 11 is 0. The van der Waals surface area contributed by atoms with Crippen molar-refractivity contribution >= 4 is 11.7 Å². The van der Waals surface area contributed by atoms with E-state index in [1.807, 2.05) is 25.1 Å². The lowest BCUT2D eigenvalue weighted by Gasteiger charge is -2.25. The van der Waals surface area contributed by atoms with E-state index >= 15 is 0 Å². The molecule has 1 rings (SSSR count). The zero-order valence-corrected chi connectivity index (χ0v) is 11.3. The zero-order valence-electron chi connectivity index (χ0n) is 11.3. The topological polar surface area (TPSA) is 74.7 Å². The van der Waals surface area contributed by atoms with E-state index in [2.05, 4.69) is 28.9 Å². The minimum absolute atomic E-state index is 0.247. The summed E-state index contributed by atoms with van der Waals surface area (Å²) in [6.45, 7) is 7.89. The molecule has 0 aromatic carbocycles. The zero-order chi connectivity index (χ0) is 13.5. The molecule has 0 fully saturated rings. The number of aryl methyl sites for hydroxylation is 1. The van der Waals surface area contributed by atoms with E-state index in [0.29, 0.717) is 18.9 Å². The van der Waals surface area contributed by atoms with E-state index in [1.165, 1.54) is 0 Å². The quantitative estimate of drug-likeness (QED) is 0.350. The van der Waals surface area contributed by atoms with E-state index in [1.54, 1.807) is 0 Å². The lowest BCUT2D eigenvalue weighted by Crippen LogP contribution is -2.32. The second-order valence-corrected chi connectivity index (χ2v) is 4.82. The van der Waals surface area contributed by atoms with Gasteiger partial charge in [-0.15, -0.1) is 0 Å². The fourth-order valence-electron chi connectivity index (χ4n) is 1.74. The van der Waals surface area contributed by atoms with Crippen molar-refractivity contribution in [2.24, 2.45) is 16.8 Å². The van der Waals surface area contributed by atoms with E-state index < -0.39 is 0 Å². The summed E-state index contributed by atoms with van der Waals surface area (Å²) in [5, 5.41) is 11.6. The molecule has 5 heteroatoms. The van der Waals surface area contributed by atoms with Gasteiger partial charge in [0, 0.05) is 25.2 Å². The second-order valence-electron chi connectivity index (χ2n) is 4.82. The van der Waals surface area contributed by atoms with Gasteiger partial charge >= 0.3 is 0 Å². The Hall–Kier alpha value is -1.78. The third kappa shape index (κ3) is 4.61. The predicted octanol–water partition coefficient (Wildman–Crippen LogP) is 1.99. The number of rotatable bonds is 6. The molecule has 0 bridgehead atoms. The third-order valence-corrected chi connectivity index (χ3v) is 2.55. The van der Waals surface area contributed by atoms with Crippen molar-refractivity contribution in [3.63, 3.8) is 0 Å². The standard InChI is InChI=1S/C13H22N4O/c1-10(2)9-17(8-7-12(14)16-18)13-6-4-5-11(3)15-13/h4-6,10,18H,7-9H2,1-3H3,(H2,14,16). The molecule has 1 heterocycles. The van der Waals surface area contributed by atoms with Crippen molar-refractivity contribution in [2.75, 3.05) is 18.0 Å². The Morgan fingerprint density at radius 3 is 2.78 bits per heavy atom. The van der Waals surface area contributed by atoms with E-state index in [0.717, 1.165) is 18.1 Å².